The predicted molar refractivity (Wildman–Crippen MR) is 74.2 cm³/mol. The van der Waals surface area contributed by atoms with Crippen molar-refractivity contribution in [3.63, 3.8) is 0 Å². The molecule has 2 aromatic heterocycles. The maximum absolute atomic E-state index is 12.4. The number of fused-ring (bicyclic) bond motifs is 1. The predicted octanol–water partition coefficient (Wildman–Crippen LogP) is 2.51. The lowest BCUT2D eigenvalue weighted by atomic mass is 9.99. The number of aryl methyl sites for hydroxylation is 1. The van der Waals surface area contributed by atoms with Gasteiger partial charge in [0.1, 0.15) is 11.3 Å². The molecule has 100 valence electrons. The van der Waals surface area contributed by atoms with Gasteiger partial charge in [0.15, 0.2) is 0 Å². The maximum Gasteiger partial charge on any atom is 0.274 e. The zero-order valence-corrected chi connectivity index (χ0v) is 11.5. The molecule has 0 aliphatic carbocycles. The zero-order chi connectivity index (χ0) is 13.4. The largest absolute Gasteiger partial charge is 0.337 e. The van der Waals surface area contributed by atoms with Crippen molar-refractivity contribution in [1.82, 2.24) is 14.3 Å². The molecule has 0 radical (unpaired) electrons. The van der Waals surface area contributed by atoms with Crippen LogP contribution >= 0.6 is 0 Å². The Morgan fingerprint density at radius 1 is 1.37 bits per heavy atom. The minimum atomic E-state index is 0.0648. The van der Waals surface area contributed by atoms with Gasteiger partial charge in [-0.25, -0.2) is 4.98 Å². The molecule has 0 saturated carbocycles. The number of rotatable bonds is 1. The van der Waals surface area contributed by atoms with E-state index in [4.69, 9.17) is 0 Å². The summed E-state index contributed by atoms with van der Waals surface area (Å²) in [6, 6.07) is 3.99. The number of carbonyl (C=O) groups excluding carboxylic acids is 1. The van der Waals surface area contributed by atoms with E-state index in [0.717, 1.165) is 43.1 Å². The van der Waals surface area contributed by atoms with Gasteiger partial charge in [-0.15, -0.1) is 0 Å². The van der Waals surface area contributed by atoms with Crippen LogP contribution in [0.2, 0.25) is 0 Å². The number of aromatic nitrogens is 2. The molecule has 3 rings (SSSR count). The van der Waals surface area contributed by atoms with Crippen molar-refractivity contribution in [2.45, 2.75) is 26.7 Å². The Labute approximate surface area is 113 Å². The number of hydrogen-bond donors (Lipinski definition) is 0. The maximum atomic E-state index is 12.4. The van der Waals surface area contributed by atoms with Crippen LogP contribution in [0.15, 0.2) is 24.5 Å². The van der Waals surface area contributed by atoms with Crippen LogP contribution < -0.4 is 0 Å². The first-order chi connectivity index (χ1) is 9.15. The fourth-order valence-electron chi connectivity index (χ4n) is 2.63. The minimum absolute atomic E-state index is 0.0648. The normalized spacial score (nSPS) is 17.1. The van der Waals surface area contributed by atoms with E-state index < -0.39 is 0 Å². The van der Waals surface area contributed by atoms with Gasteiger partial charge in [0, 0.05) is 25.5 Å². The van der Waals surface area contributed by atoms with E-state index in [0.29, 0.717) is 5.69 Å². The highest BCUT2D eigenvalue weighted by molar-refractivity contribution is 5.93. The Morgan fingerprint density at radius 2 is 2.11 bits per heavy atom. The molecule has 3 heterocycles. The van der Waals surface area contributed by atoms with Crippen LogP contribution in [-0.4, -0.2) is 33.3 Å². The number of hydrogen-bond acceptors (Lipinski definition) is 2. The van der Waals surface area contributed by atoms with Crippen molar-refractivity contribution >= 4 is 11.6 Å². The van der Waals surface area contributed by atoms with Gasteiger partial charge in [0.05, 0.1) is 0 Å². The molecular weight excluding hydrogens is 238 g/mol. The second-order valence-electron chi connectivity index (χ2n) is 5.52. The van der Waals surface area contributed by atoms with E-state index in [-0.39, 0.29) is 5.91 Å². The number of carbonyl (C=O) groups is 1. The van der Waals surface area contributed by atoms with Crippen LogP contribution in [-0.2, 0) is 0 Å². The molecule has 1 saturated heterocycles. The average Bonchev–Trinajstić information content (AvgIpc) is 2.84. The summed E-state index contributed by atoms with van der Waals surface area (Å²) in [5.41, 5.74) is 2.52. The number of likely N-dealkylation sites (tertiary alicyclic amines) is 1. The zero-order valence-electron chi connectivity index (χ0n) is 11.5. The van der Waals surface area contributed by atoms with Gasteiger partial charge in [0.2, 0.25) is 0 Å². The molecule has 0 spiro atoms. The summed E-state index contributed by atoms with van der Waals surface area (Å²) in [4.78, 5) is 18.8. The van der Waals surface area contributed by atoms with Gasteiger partial charge in [-0.05, 0) is 37.3 Å². The molecule has 2 aromatic rings. The van der Waals surface area contributed by atoms with E-state index in [2.05, 4.69) is 11.9 Å². The third-order valence-electron chi connectivity index (χ3n) is 3.97. The Morgan fingerprint density at radius 3 is 2.79 bits per heavy atom. The lowest BCUT2D eigenvalue weighted by molar-refractivity contribution is 0.0692. The van der Waals surface area contributed by atoms with Crippen LogP contribution in [0.3, 0.4) is 0 Å². The first kappa shape index (κ1) is 12.2. The van der Waals surface area contributed by atoms with Crippen molar-refractivity contribution in [3.8, 4) is 0 Å². The third kappa shape index (κ3) is 2.23. The van der Waals surface area contributed by atoms with Crippen LogP contribution in [0.4, 0.5) is 0 Å². The molecule has 0 unspecified atom stereocenters. The number of pyridine rings is 1. The molecule has 19 heavy (non-hydrogen) atoms. The van der Waals surface area contributed by atoms with E-state index in [1.165, 1.54) is 0 Å². The number of piperidine rings is 1. The molecule has 0 atom stereocenters. The molecule has 0 bridgehead atoms. The Kier molecular flexibility index (Phi) is 3.01. The molecule has 0 aromatic carbocycles. The standard InChI is InChI=1S/C15H19N3O/c1-11-5-8-17(9-6-11)15(19)13-10-18-7-3-4-12(2)14(18)16-13/h3-4,7,10-11H,5-6,8-9H2,1-2H3. The van der Waals surface area contributed by atoms with Gasteiger partial charge < -0.3 is 9.30 Å². The summed E-state index contributed by atoms with van der Waals surface area (Å²) in [5, 5.41) is 0. The first-order valence-corrected chi connectivity index (χ1v) is 6.89. The summed E-state index contributed by atoms with van der Waals surface area (Å²) in [6.07, 6.45) is 5.96. The third-order valence-corrected chi connectivity index (χ3v) is 3.97. The number of nitrogens with zero attached hydrogens (tertiary/aromatic N) is 3. The summed E-state index contributed by atoms with van der Waals surface area (Å²) < 4.78 is 1.93. The molecule has 1 aliphatic heterocycles. The fourth-order valence-corrected chi connectivity index (χ4v) is 2.63. The Bertz CT molecular complexity index is 609. The highest BCUT2D eigenvalue weighted by atomic mass is 16.2. The summed E-state index contributed by atoms with van der Waals surface area (Å²) in [5.74, 6) is 0.794. The second-order valence-corrected chi connectivity index (χ2v) is 5.52. The minimum Gasteiger partial charge on any atom is -0.337 e. The van der Waals surface area contributed by atoms with E-state index in [1.807, 2.05) is 40.8 Å². The van der Waals surface area contributed by atoms with Gasteiger partial charge in [-0.2, -0.15) is 0 Å². The molecule has 4 nitrogen and oxygen atoms in total. The van der Waals surface area contributed by atoms with Crippen molar-refractivity contribution in [3.05, 3.63) is 35.8 Å². The molecule has 1 fully saturated rings. The van der Waals surface area contributed by atoms with Crippen LogP contribution in [0.1, 0.15) is 35.8 Å². The molecule has 1 aliphatic rings. The van der Waals surface area contributed by atoms with Crippen molar-refractivity contribution in [2.75, 3.05) is 13.1 Å². The lowest BCUT2D eigenvalue weighted by Gasteiger charge is -2.29. The molecule has 4 heteroatoms. The topological polar surface area (TPSA) is 37.6 Å². The van der Waals surface area contributed by atoms with E-state index in [1.54, 1.807) is 0 Å². The summed E-state index contributed by atoms with van der Waals surface area (Å²) in [6.45, 7) is 5.97. The van der Waals surface area contributed by atoms with Crippen molar-refractivity contribution < 1.29 is 4.79 Å². The number of imidazole rings is 1. The molecule has 0 N–H and O–H groups in total. The van der Waals surface area contributed by atoms with Crippen LogP contribution in [0.5, 0.6) is 0 Å². The highest BCUT2D eigenvalue weighted by Gasteiger charge is 2.23. The smallest absolute Gasteiger partial charge is 0.274 e. The monoisotopic (exact) mass is 257 g/mol. The van der Waals surface area contributed by atoms with E-state index >= 15 is 0 Å². The molecule has 1 amide bonds. The SMILES string of the molecule is Cc1cccn2cc(C(=O)N3CCC(C)CC3)nc12. The number of amides is 1. The lowest BCUT2D eigenvalue weighted by Crippen LogP contribution is -2.38. The van der Waals surface area contributed by atoms with Gasteiger partial charge >= 0.3 is 0 Å². The van der Waals surface area contributed by atoms with Crippen molar-refractivity contribution in [2.24, 2.45) is 5.92 Å². The second kappa shape index (κ2) is 4.68. The fraction of sp³-hybridized carbons (Fsp3) is 0.467. The summed E-state index contributed by atoms with van der Waals surface area (Å²) >= 11 is 0. The highest BCUT2D eigenvalue weighted by Crippen LogP contribution is 2.18. The summed E-state index contributed by atoms with van der Waals surface area (Å²) in [7, 11) is 0. The van der Waals surface area contributed by atoms with E-state index in [9.17, 15) is 4.79 Å². The Hall–Kier alpha value is -1.84. The van der Waals surface area contributed by atoms with Crippen LogP contribution in [0, 0.1) is 12.8 Å². The van der Waals surface area contributed by atoms with Gasteiger partial charge in [0.25, 0.3) is 5.91 Å². The quantitative estimate of drug-likeness (QED) is 0.787. The average molecular weight is 257 g/mol. The van der Waals surface area contributed by atoms with Gasteiger partial charge in [-0.3, -0.25) is 4.79 Å². The molecular formula is C15H19N3O. The van der Waals surface area contributed by atoms with Gasteiger partial charge in [-0.1, -0.05) is 13.0 Å². The Balaban J connectivity index is 1.87. The van der Waals surface area contributed by atoms with Crippen molar-refractivity contribution in [1.29, 1.82) is 0 Å². The first-order valence-electron chi connectivity index (χ1n) is 6.89. The van der Waals surface area contributed by atoms with Crippen LogP contribution in [0.25, 0.3) is 5.65 Å².